The molecule has 0 aromatic carbocycles. The minimum absolute atomic E-state index is 0.487. The summed E-state index contributed by atoms with van der Waals surface area (Å²) in [7, 11) is 0. The van der Waals surface area contributed by atoms with Crippen LogP contribution in [0.4, 0.5) is 0 Å². The van der Waals surface area contributed by atoms with Gasteiger partial charge in [0.2, 0.25) is 0 Å². The number of nitrogens with zero attached hydrogens (tertiary/aromatic N) is 2. The molecule has 18 heavy (non-hydrogen) atoms. The van der Waals surface area contributed by atoms with Gasteiger partial charge in [-0.1, -0.05) is 0 Å². The van der Waals surface area contributed by atoms with E-state index in [0.717, 1.165) is 12.2 Å². The fourth-order valence-electron chi connectivity index (χ4n) is 1.50. The lowest BCUT2D eigenvalue weighted by Gasteiger charge is -2.20. The van der Waals surface area contributed by atoms with Crippen LogP contribution in [0.2, 0.25) is 0 Å². The van der Waals surface area contributed by atoms with Crippen LogP contribution in [0.3, 0.4) is 0 Å². The van der Waals surface area contributed by atoms with E-state index in [2.05, 4.69) is 0 Å². The highest BCUT2D eigenvalue weighted by molar-refractivity contribution is 5.97. The zero-order valence-corrected chi connectivity index (χ0v) is 8.86. The Morgan fingerprint density at radius 3 is 2.17 bits per heavy atom. The van der Waals surface area contributed by atoms with E-state index in [1.54, 1.807) is 0 Å². The van der Waals surface area contributed by atoms with Gasteiger partial charge in [0.1, 0.15) is 12.0 Å². The molecule has 0 bridgehead atoms. The average molecular weight is 256 g/mol. The zero-order chi connectivity index (χ0) is 14.1. The van der Waals surface area contributed by atoms with Crippen LogP contribution in [0.5, 0.6) is 0 Å². The summed E-state index contributed by atoms with van der Waals surface area (Å²) in [6.45, 7) is 0. The maximum Gasteiger partial charge on any atom is 0.326 e. The maximum atomic E-state index is 11.1. The number of carbonyl (C=O) groups excluding carboxylic acids is 2. The van der Waals surface area contributed by atoms with Crippen molar-refractivity contribution in [2.75, 3.05) is 0 Å². The molecule has 0 fully saturated rings. The fourth-order valence-corrected chi connectivity index (χ4v) is 1.50. The van der Waals surface area contributed by atoms with Gasteiger partial charge in [0.25, 0.3) is 17.5 Å². The SMILES string of the molecule is NC(=O)C1=C([N+](=O)[O-])CC(C(N)=O)([N+](=O)[O-])C=C1. The lowest BCUT2D eigenvalue weighted by atomic mass is 9.86. The highest BCUT2D eigenvalue weighted by atomic mass is 16.6. The third-order valence-corrected chi connectivity index (χ3v) is 2.51. The second-order valence-corrected chi connectivity index (χ2v) is 3.54. The molecule has 1 rings (SSSR count). The summed E-state index contributed by atoms with van der Waals surface area (Å²) >= 11 is 0. The molecule has 10 nitrogen and oxygen atoms in total. The topological polar surface area (TPSA) is 172 Å². The molecule has 0 aromatic rings. The molecular formula is C8H8N4O6. The molecule has 1 aliphatic carbocycles. The Morgan fingerprint density at radius 1 is 1.28 bits per heavy atom. The Bertz CT molecular complexity index is 506. The molecule has 1 atom stereocenters. The number of nitro groups is 2. The van der Waals surface area contributed by atoms with Crippen LogP contribution in [0, 0.1) is 20.2 Å². The summed E-state index contributed by atoms with van der Waals surface area (Å²) in [5, 5.41) is 21.6. The minimum atomic E-state index is -2.43. The molecule has 0 saturated carbocycles. The van der Waals surface area contributed by atoms with Gasteiger partial charge in [0.15, 0.2) is 0 Å². The molecular weight excluding hydrogens is 248 g/mol. The van der Waals surface area contributed by atoms with E-state index < -0.39 is 44.9 Å². The first kappa shape index (κ1) is 13.3. The van der Waals surface area contributed by atoms with Gasteiger partial charge in [0, 0.05) is 11.0 Å². The van der Waals surface area contributed by atoms with Crippen LogP contribution >= 0.6 is 0 Å². The normalized spacial score (nSPS) is 22.7. The third-order valence-electron chi connectivity index (χ3n) is 2.51. The predicted octanol–water partition coefficient (Wildman–Crippen LogP) is -1.54. The molecule has 96 valence electrons. The molecule has 0 spiro atoms. The van der Waals surface area contributed by atoms with Crippen LogP contribution < -0.4 is 11.5 Å². The van der Waals surface area contributed by atoms with Crippen molar-refractivity contribution in [1.29, 1.82) is 0 Å². The van der Waals surface area contributed by atoms with Crippen molar-refractivity contribution in [2.24, 2.45) is 11.5 Å². The predicted molar refractivity (Wildman–Crippen MR) is 55.9 cm³/mol. The van der Waals surface area contributed by atoms with Gasteiger partial charge in [-0.05, 0) is 6.08 Å². The monoisotopic (exact) mass is 256 g/mol. The van der Waals surface area contributed by atoms with Gasteiger partial charge < -0.3 is 11.5 Å². The number of rotatable bonds is 4. The van der Waals surface area contributed by atoms with Crippen molar-refractivity contribution in [1.82, 2.24) is 0 Å². The molecule has 0 saturated heterocycles. The van der Waals surface area contributed by atoms with Gasteiger partial charge in [-0.25, -0.2) is 0 Å². The fraction of sp³-hybridized carbons (Fsp3) is 0.250. The van der Waals surface area contributed by atoms with Crippen molar-refractivity contribution in [3.63, 3.8) is 0 Å². The Kier molecular flexibility index (Phi) is 3.13. The summed E-state index contributed by atoms with van der Waals surface area (Å²) in [6, 6.07) is 0. The average Bonchev–Trinajstić information content (AvgIpc) is 2.27. The molecule has 1 unspecified atom stereocenters. The first-order valence-corrected chi connectivity index (χ1v) is 4.53. The van der Waals surface area contributed by atoms with E-state index in [9.17, 15) is 29.8 Å². The molecule has 0 aromatic heterocycles. The van der Waals surface area contributed by atoms with Gasteiger partial charge >= 0.3 is 5.54 Å². The summed E-state index contributed by atoms with van der Waals surface area (Å²) in [6.07, 6.45) is 0.594. The van der Waals surface area contributed by atoms with Gasteiger partial charge in [-0.2, -0.15) is 0 Å². The van der Waals surface area contributed by atoms with Crippen LogP contribution in [-0.4, -0.2) is 27.2 Å². The van der Waals surface area contributed by atoms with Crippen molar-refractivity contribution >= 4 is 11.8 Å². The number of hydrogen-bond donors (Lipinski definition) is 2. The molecule has 1 aliphatic rings. The van der Waals surface area contributed by atoms with Crippen molar-refractivity contribution < 1.29 is 19.4 Å². The first-order valence-electron chi connectivity index (χ1n) is 4.53. The summed E-state index contributed by atoms with van der Waals surface area (Å²) < 4.78 is 0. The van der Waals surface area contributed by atoms with Gasteiger partial charge in [0.05, 0.1) is 4.92 Å². The number of amides is 2. The van der Waals surface area contributed by atoms with E-state index in [-0.39, 0.29) is 0 Å². The first-order chi connectivity index (χ1) is 8.22. The van der Waals surface area contributed by atoms with Crippen LogP contribution in [0.25, 0.3) is 0 Å². The molecule has 0 radical (unpaired) electrons. The second kappa shape index (κ2) is 4.24. The summed E-state index contributed by atoms with van der Waals surface area (Å²) in [5.41, 5.74) is 6.07. The van der Waals surface area contributed by atoms with Crippen molar-refractivity contribution in [2.45, 2.75) is 12.0 Å². The molecule has 10 heteroatoms. The van der Waals surface area contributed by atoms with E-state index >= 15 is 0 Å². The summed E-state index contributed by atoms with van der Waals surface area (Å²) in [4.78, 5) is 41.6. The second-order valence-electron chi connectivity index (χ2n) is 3.54. The third kappa shape index (κ3) is 1.90. The molecule has 0 heterocycles. The highest BCUT2D eigenvalue weighted by Crippen LogP contribution is 2.29. The van der Waals surface area contributed by atoms with Crippen molar-refractivity contribution in [3.05, 3.63) is 43.7 Å². The Hall–Kier alpha value is -2.78. The van der Waals surface area contributed by atoms with Crippen LogP contribution in [-0.2, 0) is 9.59 Å². The quantitative estimate of drug-likeness (QED) is 0.455. The maximum absolute atomic E-state index is 11.1. The lowest BCUT2D eigenvalue weighted by Crippen LogP contribution is -2.51. The van der Waals surface area contributed by atoms with Crippen molar-refractivity contribution in [3.8, 4) is 0 Å². The molecule has 0 aliphatic heterocycles. The summed E-state index contributed by atoms with van der Waals surface area (Å²) in [5.74, 6) is -2.47. The van der Waals surface area contributed by atoms with Crippen LogP contribution in [0.15, 0.2) is 23.4 Å². The zero-order valence-electron chi connectivity index (χ0n) is 8.86. The van der Waals surface area contributed by atoms with E-state index in [4.69, 9.17) is 11.5 Å². The number of primary amides is 2. The smallest absolute Gasteiger partial charge is 0.326 e. The number of carbonyl (C=O) groups is 2. The molecule has 4 N–H and O–H groups in total. The van der Waals surface area contributed by atoms with Crippen LogP contribution in [0.1, 0.15) is 6.42 Å². The Labute approximate surface area is 99.2 Å². The highest BCUT2D eigenvalue weighted by Gasteiger charge is 2.53. The lowest BCUT2D eigenvalue weighted by molar-refractivity contribution is -0.545. The van der Waals surface area contributed by atoms with E-state index in [0.29, 0.717) is 0 Å². The Balaban J connectivity index is 3.39. The number of hydrogen-bond acceptors (Lipinski definition) is 6. The minimum Gasteiger partial charge on any atom is -0.365 e. The van der Waals surface area contributed by atoms with Gasteiger partial charge in [-0.15, -0.1) is 0 Å². The molecule has 2 amide bonds. The Morgan fingerprint density at radius 2 is 1.83 bits per heavy atom. The number of nitrogens with two attached hydrogens (primary N) is 2. The van der Waals surface area contributed by atoms with Gasteiger partial charge in [-0.3, -0.25) is 29.8 Å². The van der Waals surface area contributed by atoms with E-state index in [1.807, 2.05) is 0 Å². The largest absolute Gasteiger partial charge is 0.365 e. The van der Waals surface area contributed by atoms with E-state index in [1.165, 1.54) is 0 Å². The standard InChI is InChI=1S/C8H8N4O6/c9-6(13)4-1-2-8(7(10)14,12(17)18)3-5(4)11(15)16/h1-2H,3H2,(H2,9,13)(H2,10,14).